The second kappa shape index (κ2) is 8.18. The predicted molar refractivity (Wildman–Crippen MR) is 101 cm³/mol. The highest BCUT2D eigenvalue weighted by molar-refractivity contribution is 5.92. The van der Waals surface area contributed by atoms with Crippen molar-refractivity contribution in [3.05, 3.63) is 29.3 Å². The Bertz CT molecular complexity index is 664. The molecule has 1 heterocycles. The van der Waals surface area contributed by atoms with Crippen LogP contribution in [0.15, 0.2) is 18.2 Å². The maximum absolute atomic E-state index is 12.4. The molecule has 1 saturated heterocycles. The first-order chi connectivity index (χ1) is 12.4. The first kappa shape index (κ1) is 18.9. The summed E-state index contributed by atoms with van der Waals surface area (Å²) in [6, 6.07) is 6.41. The average Bonchev–Trinajstić information content (AvgIpc) is 3.43. The van der Waals surface area contributed by atoms with E-state index < -0.39 is 0 Å². The Morgan fingerprint density at radius 1 is 1.15 bits per heavy atom. The molecule has 0 bridgehead atoms. The lowest BCUT2D eigenvalue weighted by molar-refractivity contribution is -1.01. The fraction of sp³-hybridized carbons (Fsp3) is 0.600. The van der Waals surface area contributed by atoms with Crippen LogP contribution in [-0.2, 0) is 9.59 Å². The van der Waals surface area contributed by atoms with Crippen LogP contribution in [0.2, 0.25) is 0 Å². The molecule has 0 radical (unpaired) electrons. The maximum atomic E-state index is 12.4. The minimum Gasteiger partial charge on any atom is -0.348 e. The van der Waals surface area contributed by atoms with Gasteiger partial charge in [-0.05, 0) is 50.8 Å². The molecule has 142 valence electrons. The molecule has 1 aromatic rings. The summed E-state index contributed by atoms with van der Waals surface area (Å²) in [7, 11) is 0. The van der Waals surface area contributed by atoms with Crippen LogP contribution in [0.25, 0.3) is 0 Å². The molecule has 0 aromatic heterocycles. The third-order valence-corrected chi connectivity index (χ3v) is 5.82. The third-order valence-electron chi connectivity index (χ3n) is 5.82. The average molecular weight is 361 g/mol. The molecule has 2 fully saturated rings. The first-order valence-corrected chi connectivity index (χ1v) is 9.78. The van der Waals surface area contributed by atoms with Crippen LogP contribution < -0.4 is 20.4 Å². The van der Waals surface area contributed by atoms with Crippen LogP contribution in [0.3, 0.4) is 0 Å². The molecule has 2 amide bonds. The molecule has 1 aromatic carbocycles. The van der Waals surface area contributed by atoms with Gasteiger partial charge in [-0.3, -0.25) is 9.59 Å². The van der Waals surface area contributed by atoms with E-state index in [2.05, 4.69) is 23.6 Å². The van der Waals surface area contributed by atoms with E-state index in [0.29, 0.717) is 12.6 Å². The molecule has 6 heteroatoms. The number of amides is 2. The molecule has 26 heavy (non-hydrogen) atoms. The van der Waals surface area contributed by atoms with Crippen molar-refractivity contribution in [2.75, 3.05) is 38.0 Å². The molecule has 0 unspecified atom stereocenters. The normalized spacial score (nSPS) is 24.0. The van der Waals surface area contributed by atoms with E-state index in [9.17, 15) is 9.59 Å². The second-order valence-electron chi connectivity index (χ2n) is 7.89. The van der Waals surface area contributed by atoms with Crippen LogP contribution in [0.1, 0.15) is 30.9 Å². The lowest BCUT2D eigenvalue weighted by Crippen LogP contribution is -3.30. The monoisotopic (exact) mass is 360 g/mol. The van der Waals surface area contributed by atoms with Crippen molar-refractivity contribution < 1.29 is 19.4 Å². The Morgan fingerprint density at radius 2 is 1.85 bits per heavy atom. The molecule has 0 spiro atoms. The van der Waals surface area contributed by atoms with E-state index in [1.165, 1.54) is 15.4 Å². The number of anilines is 1. The van der Waals surface area contributed by atoms with Crippen molar-refractivity contribution >= 4 is 17.5 Å². The summed E-state index contributed by atoms with van der Waals surface area (Å²) in [4.78, 5) is 27.2. The fourth-order valence-corrected chi connectivity index (χ4v) is 3.58. The molecule has 4 N–H and O–H groups in total. The number of rotatable bonds is 6. The summed E-state index contributed by atoms with van der Waals surface area (Å²) in [6.07, 6.45) is 2.25. The van der Waals surface area contributed by atoms with E-state index in [-0.39, 0.29) is 17.9 Å². The van der Waals surface area contributed by atoms with Crippen LogP contribution in [0, 0.1) is 13.8 Å². The van der Waals surface area contributed by atoms with Gasteiger partial charge in [0.05, 0.1) is 0 Å². The zero-order valence-corrected chi connectivity index (χ0v) is 16.2. The topological polar surface area (TPSA) is 67.1 Å². The van der Waals surface area contributed by atoms with Gasteiger partial charge >= 0.3 is 0 Å². The number of carbonyl (C=O) groups is 2. The summed E-state index contributed by atoms with van der Waals surface area (Å²) in [6.45, 7) is 10.3. The van der Waals surface area contributed by atoms with E-state index in [1.54, 1.807) is 0 Å². The Hall–Kier alpha value is -1.92. The highest BCUT2D eigenvalue weighted by Gasteiger charge is 2.34. The number of carbonyl (C=O) groups excluding carboxylic acids is 2. The first-order valence-electron chi connectivity index (χ1n) is 9.78. The fourth-order valence-electron chi connectivity index (χ4n) is 3.58. The van der Waals surface area contributed by atoms with Gasteiger partial charge in [0, 0.05) is 11.7 Å². The summed E-state index contributed by atoms with van der Waals surface area (Å²) in [5.74, 6) is 0.246. The van der Waals surface area contributed by atoms with Crippen molar-refractivity contribution in [2.45, 2.75) is 45.7 Å². The highest BCUT2D eigenvalue weighted by atomic mass is 16.2. The molecule has 1 aliphatic carbocycles. The summed E-state index contributed by atoms with van der Waals surface area (Å²) < 4.78 is 0. The van der Waals surface area contributed by atoms with Gasteiger partial charge in [-0.15, -0.1) is 0 Å². The molecular weight excluding hydrogens is 328 g/mol. The van der Waals surface area contributed by atoms with Gasteiger partial charge < -0.3 is 20.4 Å². The number of benzene rings is 1. The Labute approximate surface area is 155 Å². The van der Waals surface area contributed by atoms with Gasteiger partial charge in [0.15, 0.2) is 12.6 Å². The zero-order chi connectivity index (χ0) is 18.7. The minimum atomic E-state index is 0.000852. The summed E-state index contributed by atoms with van der Waals surface area (Å²) in [5.41, 5.74) is 3.22. The largest absolute Gasteiger partial charge is 0.348 e. The number of nitrogens with one attached hydrogen (secondary N) is 4. The van der Waals surface area contributed by atoms with E-state index in [4.69, 9.17) is 0 Å². The smallest absolute Gasteiger partial charge is 0.279 e. The van der Waals surface area contributed by atoms with Gasteiger partial charge in [0.25, 0.3) is 11.8 Å². The lowest BCUT2D eigenvalue weighted by Gasteiger charge is -2.32. The van der Waals surface area contributed by atoms with Gasteiger partial charge in [0.1, 0.15) is 26.2 Å². The van der Waals surface area contributed by atoms with Crippen molar-refractivity contribution in [1.29, 1.82) is 0 Å². The van der Waals surface area contributed by atoms with Crippen molar-refractivity contribution in [3.63, 3.8) is 0 Å². The third kappa shape index (κ3) is 4.83. The van der Waals surface area contributed by atoms with Crippen molar-refractivity contribution in [1.82, 2.24) is 5.32 Å². The molecule has 2 aliphatic rings. The number of hydrogen-bond acceptors (Lipinski definition) is 2. The quantitative estimate of drug-likeness (QED) is 0.509. The van der Waals surface area contributed by atoms with E-state index in [0.717, 1.165) is 50.3 Å². The molecule has 6 nitrogen and oxygen atoms in total. The van der Waals surface area contributed by atoms with Crippen molar-refractivity contribution in [3.8, 4) is 0 Å². The maximum Gasteiger partial charge on any atom is 0.279 e. The molecule has 1 aliphatic heterocycles. The number of aryl methyl sites for hydroxylation is 1. The Balaban J connectivity index is 1.43. The van der Waals surface area contributed by atoms with E-state index in [1.807, 2.05) is 26.0 Å². The van der Waals surface area contributed by atoms with Gasteiger partial charge in [-0.25, -0.2) is 0 Å². The van der Waals surface area contributed by atoms with E-state index >= 15 is 0 Å². The molecule has 1 saturated carbocycles. The number of piperazine rings is 1. The number of hydrogen-bond donors (Lipinski definition) is 4. The SMILES string of the molecule is Cc1cccc(NC(=O)C[NH+]2CC[NH+]([C@@H](C)C(=O)NC3CC3)CC2)c1C. The second-order valence-corrected chi connectivity index (χ2v) is 7.89. The Kier molecular flexibility index (Phi) is 5.94. The molecule has 1 atom stereocenters. The van der Waals surface area contributed by atoms with Crippen LogP contribution in [0.4, 0.5) is 5.69 Å². The highest BCUT2D eigenvalue weighted by Crippen LogP contribution is 2.18. The summed E-state index contributed by atoms with van der Waals surface area (Å²) in [5, 5.41) is 6.15. The van der Waals surface area contributed by atoms with Gasteiger partial charge in [0.2, 0.25) is 0 Å². The van der Waals surface area contributed by atoms with Crippen molar-refractivity contribution in [2.24, 2.45) is 0 Å². The standard InChI is InChI=1S/C20H30N4O2/c1-14-5-4-6-18(15(14)2)22-19(25)13-23-9-11-24(12-10-23)16(3)20(26)21-17-7-8-17/h4-6,16-17H,7-13H2,1-3H3,(H,21,26)(H,22,25)/p+2/t16-/m0/s1. The Morgan fingerprint density at radius 3 is 2.50 bits per heavy atom. The zero-order valence-electron chi connectivity index (χ0n) is 16.2. The predicted octanol–water partition coefficient (Wildman–Crippen LogP) is -1.31. The van der Waals surface area contributed by atoms with Crippen LogP contribution >= 0.6 is 0 Å². The minimum absolute atomic E-state index is 0.000852. The van der Waals surface area contributed by atoms with Gasteiger partial charge in [-0.1, -0.05) is 12.1 Å². The molecule has 3 rings (SSSR count). The van der Waals surface area contributed by atoms with Crippen LogP contribution in [0.5, 0.6) is 0 Å². The lowest BCUT2D eigenvalue weighted by atomic mass is 10.1. The van der Waals surface area contributed by atoms with Gasteiger partial charge in [-0.2, -0.15) is 0 Å². The number of quaternary nitrogens is 2. The van der Waals surface area contributed by atoms with Crippen LogP contribution in [-0.4, -0.2) is 56.6 Å². The molecular formula is C20H32N4O2+2. The summed E-state index contributed by atoms with van der Waals surface area (Å²) >= 11 is 0.